The van der Waals surface area contributed by atoms with Crippen LogP contribution < -0.4 is 11.5 Å². The third kappa shape index (κ3) is 3.45. The minimum Gasteiger partial charge on any atom is -0.369 e. The molecule has 4 nitrogen and oxygen atoms in total. The molecular formula is C10H16ClN3OS. The van der Waals surface area contributed by atoms with Crippen molar-refractivity contribution < 1.29 is 4.79 Å². The van der Waals surface area contributed by atoms with E-state index in [9.17, 15) is 4.79 Å². The lowest BCUT2D eigenvalue weighted by Gasteiger charge is -2.27. The summed E-state index contributed by atoms with van der Waals surface area (Å²) in [6, 6.07) is 3.78. The van der Waals surface area contributed by atoms with Gasteiger partial charge >= 0.3 is 0 Å². The number of nitrogens with zero attached hydrogens (tertiary/aromatic N) is 1. The Morgan fingerprint density at radius 3 is 2.69 bits per heavy atom. The molecule has 0 saturated carbocycles. The maximum Gasteiger partial charge on any atom is 0.231 e. The molecule has 4 N–H and O–H groups in total. The minimum absolute atomic E-state index is 0.00926. The molecule has 1 atom stereocenters. The summed E-state index contributed by atoms with van der Waals surface area (Å²) >= 11 is 7.37. The summed E-state index contributed by atoms with van der Waals surface area (Å²) in [5.74, 6) is -0.344. The molecule has 0 fully saturated rings. The molecule has 1 heterocycles. The Hall–Kier alpha value is -0.620. The van der Waals surface area contributed by atoms with E-state index in [0.717, 1.165) is 15.8 Å². The molecular weight excluding hydrogens is 246 g/mol. The fourth-order valence-electron chi connectivity index (χ4n) is 1.60. The highest BCUT2D eigenvalue weighted by atomic mass is 35.5. The lowest BCUT2D eigenvalue weighted by Crippen LogP contribution is -2.39. The van der Waals surface area contributed by atoms with Gasteiger partial charge in [0.2, 0.25) is 5.91 Å². The number of hydrogen-bond acceptors (Lipinski definition) is 4. The molecule has 1 aromatic heterocycles. The lowest BCUT2D eigenvalue weighted by atomic mass is 10.2. The van der Waals surface area contributed by atoms with Gasteiger partial charge in [-0.2, -0.15) is 0 Å². The Labute approximate surface area is 104 Å². The number of primary amides is 1. The van der Waals surface area contributed by atoms with Crippen LogP contribution in [0.3, 0.4) is 0 Å². The quantitative estimate of drug-likeness (QED) is 0.809. The number of thiophene rings is 1. The number of rotatable bonds is 6. The molecule has 0 spiro atoms. The van der Waals surface area contributed by atoms with Gasteiger partial charge in [0.25, 0.3) is 0 Å². The van der Waals surface area contributed by atoms with E-state index in [1.165, 1.54) is 11.3 Å². The van der Waals surface area contributed by atoms with Crippen molar-refractivity contribution in [1.82, 2.24) is 4.90 Å². The van der Waals surface area contributed by atoms with Gasteiger partial charge in [-0.25, -0.2) is 0 Å². The highest BCUT2D eigenvalue weighted by Gasteiger charge is 2.20. The highest BCUT2D eigenvalue weighted by molar-refractivity contribution is 7.16. The van der Waals surface area contributed by atoms with Gasteiger partial charge in [0.05, 0.1) is 16.9 Å². The number of carbonyl (C=O) groups is 1. The van der Waals surface area contributed by atoms with Crippen molar-refractivity contribution in [2.24, 2.45) is 11.5 Å². The maximum absolute atomic E-state index is 10.9. The molecule has 1 aromatic rings. The van der Waals surface area contributed by atoms with Gasteiger partial charge in [0.15, 0.2) is 0 Å². The number of carbonyl (C=O) groups excluding carboxylic acids is 1. The van der Waals surface area contributed by atoms with Crippen LogP contribution in [-0.4, -0.2) is 30.4 Å². The van der Waals surface area contributed by atoms with E-state index < -0.39 is 0 Å². The molecule has 90 valence electrons. The fourth-order valence-corrected chi connectivity index (χ4v) is 2.80. The molecule has 6 heteroatoms. The third-order valence-corrected chi connectivity index (χ3v) is 3.68. The maximum atomic E-state index is 10.9. The van der Waals surface area contributed by atoms with Gasteiger partial charge in [0.1, 0.15) is 0 Å². The zero-order valence-electron chi connectivity index (χ0n) is 9.15. The van der Waals surface area contributed by atoms with Crippen molar-refractivity contribution in [3.63, 3.8) is 0 Å². The molecule has 0 aliphatic rings. The van der Waals surface area contributed by atoms with Crippen molar-refractivity contribution in [2.45, 2.75) is 13.0 Å². The van der Waals surface area contributed by atoms with Crippen molar-refractivity contribution in [1.29, 1.82) is 0 Å². The largest absolute Gasteiger partial charge is 0.369 e. The van der Waals surface area contributed by atoms with E-state index in [-0.39, 0.29) is 18.5 Å². The Kier molecular flexibility index (Phi) is 5.21. The zero-order valence-corrected chi connectivity index (χ0v) is 10.7. The summed E-state index contributed by atoms with van der Waals surface area (Å²) in [7, 11) is 0. The Bertz CT molecular complexity index is 356. The number of amides is 1. The molecule has 0 aliphatic heterocycles. The Balaban J connectivity index is 2.82. The first-order valence-corrected chi connectivity index (χ1v) is 6.25. The van der Waals surface area contributed by atoms with Gasteiger partial charge in [-0.3, -0.25) is 9.69 Å². The first-order chi connectivity index (χ1) is 7.58. The van der Waals surface area contributed by atoms with Gasteiger partial charge in [-0.05, 0) is 18.7 Å². The van der Waals surface area contributed by atoms with E-state index >= 15 is 0 Å². The molecule has 0 saturated heterocycles. The van der Waals surface area contributed by atoms with Crippen molar-refractivity contribution in [3.8, 4) is 0 Å². The topological polar surface area (TPSA) is 72.3 Å². The second-order valence-corrected chi connectivity index (χ2v) is 5.17. The SMILES string of the molecule is CCN(CC(N)=O)C(CN)c1ccc(Cl)s1. The molecule has 16 heavy (non-hydrogen) atoms. The van der Waals surface area contributed by atoms with Crippen LogP contribution in [0.1, 0.15) is 17.8 Å². The Morgan fingerprint density at radius 2 is 2.31 bits per heavy atom. The molecule has 0 aliphatic carbocycles. The monoisotopic (exact) mass is 261 g/mol. The van der Waals surface area contributed by atoms with Crippen LogP contribution in [-0.2, 0) is 4.79 Å². The van der Waals surface area contributed by atoms with E-state index in [2.05, 4.69) is 0 Å². The van der Waals surface area contributed by atoms with Crippen molar-refractivity contribution >= 4 is 28.8 Å². The average molecular weight is 262 g/mol. The number of nitrogens with two attached hydrogens (primary N) is 2. The third-order valence-electron chi connectivity index (χ3n) is 2.35. The van der Waals surface area contributed by atoms with Crippen LogP contribution in [0.15, 0.2) is 12.1 Å². The molecule has 0 radical (unpaired) electrons. The first kappa shape index (κ1) is 13.4. The van der Waals surface area contributed by atoms with Crippen molar-refractivity contribution in [3.05, 3.63) is 21.3 Å². The van der Waals surface area contributed by atoms with Crippen LogP contribution >= 0.6 is 22.9 Å². The molecule has 1 unspecified atom stereocenters. The summed E-state index contributed by atoms with van der Waals surface area (Å²) < 4.78 is 0.726. The standard InChI is InChI=1S/C10H16ClN3OS/c1-2-14(6-10(13)15)7(5-12)8-3-4-9(11)16-8/h3-4,7H,2,5-6,12H2,1H3,(H2,13,15). The van der Waals surface area contributed by atoms with Gasteiger partial charge < -0.3 is 11.5 Å². The van der Waals surface area contributed by atoms with Crippen molar-refractivity contribution in [2.75, 3.05) is 19.6 Å². The lowest BCUT2D eigenvalue weighted by molar-refractivity contribution is -0.119. The fraction of sp³-hybridized carbons (Fsp3) is 0.500. The predicted molar refractivity (Wildman–Crippen MR) is 67.6 cm³/mol. The summed E-state index contributed by atoms with van der Waals surface area (Å²) in [6.07, 6.45) is 0. The normalized spacial score (nSPS) is 13.0. The zero-order chi connectivity index (χ0) is 12.1. The van der Waals surface area contributed by atoms with Crippen LogP contribution in [0.2, 0.25) is 4.34 Å². The predicted octanol–water partition coefficient (Wildman–Crippen LogP) is 1.21. The van der Waals surface area contributed by atoms with E-state index in [1.807, 2.05) is 24.0 Å². The van der Waals surface area contributed by atoms with Gasteiger partial charge in [0, 0.05) is 11.4 Å². The van der Waals surface area contributed by atoms with Crippen LogP contribution in [0, 0.1) is 0 Å². The minimum atomic E-state index is -0.344. The van der Waals surface area contributed by atoms with E-state index in [4.69, 9.17) is 23.1 Å². The second-order valence-electron chi connectivity index (χ2n) is 3.42. The first-order valence-electron chi connectivity index (χ1n) is 5.06. The summed E-state index contributed by atoms with van der Waals surface area (Å²) in [6.45, 7) is 3.35. The van der Waals surface area contributed by atoms with Gasteiger partial charge in [-0.15, -0.1) is 11.3 Å². The summed E-state index contributed by atoms with van der Waals surface area (Å²) in [5, 5.41) is 0. The summed E-state index contributed by atoms with van der Waals surface area (Å²) in [4.78, 5) is 14.0. The van der Waals surface area contributed by atoms with E-state index in [0.29, 0.717) is 6.54 Å². The smallest absolute Gasteiger partial charge is 0.231 e. The van der Waals surface area contributed by atoms with Crippen LogP contribution in [0.25, 0.3) is 0 Å². The average Bonchev–Trinajstić information content (AvgIpc) is 2.64. The molecule has 1 amide bonds. The second kappa shape index (κ2) is 6.20. The van der Waals surface area contributed by atoms with Gasteiger partial charge in [-0.1, -0.05) is 18.5 Å². The summed E-state index contributed by atoms with van der Waals surface area (Å²) in [5.41, 5.74) is 10.9. The number of likely N-dealkylation sites (N-methyl/N-ethyl adjacent to an activating group) is 1. The van der Waals surface area contributed by atoms with Crippen LogP contribution in [0.5, 0.6) is 0 Å². The number of hydrogen-bond donors (Lipinski definition) is 2. The number of halogens is 1. The highest BCUT2D eigenvalue weighted by Crippen LogP contribution is 2.29. The Morgan fingerprint density at radius 1 is 1.62 bits per heavy atom. The van der Waals surface area contributed by atoms with Crippen LogP contribution in [0.4, 0.5) is 0 Å². The molecule has 0 aromatic carbocycles. The molecule has 1 rings (SSSR count). The van der Waals surface area contributed by atoms with E-state index in [1.54, 1.807) is 0 Å². The molecule has 0 bridgehead atoms.